The van der Waals surface area contributed by atoms with E-state index in [1.165, 1.54) is 12.1 Å². The van der Waals surface area contributed by atoms with Crippen molar-refractivity contribution in [1.82, 2.24) is 19.4 Å². The summed E-state index contributed by atoms with van der Waals surface area (Å²) in [6.45, 7) is 12.3. The van der Waals surface area contributed by atoms with Crippen molar-refractivity contribution >= 4 is 10.9 Å². The van der Waals surface area contributed by atoms with E-state index in [4.69, 9.17) is 4.98 Å². The van der Waals surface area contributed by atoms with Crippen LogP contribution in [0.1, 0.15) is 58.3 Å². The number of aromatic nitrogens is 2. The van der Waals surface area contributed by atoms with Crippen molar-refractivity contribution in [2.45, 2.75) is 59.0 Å². The van der Waals surface area contributed by atoms with Crippen molar-refractivity contribution in [3.05, 3.63) is 40.2 Å². The average Bonchev–Trinajstić information content (AvgIpc) is 2.94. The van der Waals surface area contributed by atoms with Crippen LogP contribution in [0.3, 0.4) is 0 Å². The fraction of sp³-hybridized carbons (Fsp3) is 0.636. The van der Waals surface area contributed by atoms with Crippen LogP contribution in [-0.2, 0) is 6.54 Å². The third kappa shape index (κ3) is 4.44. The molecule has 0 bridgehead atoms. The average molecular weight is 389 g/mol. The zero-order chi connectivity index (χ0) is 20.1. The van der Waals surface area contributed by atoms with E-state index in [1.54, 1.807) is 10.6 Å². The topological polar surface area (TPSA) is 41.4 Å². The smallest absolute Gasteiger partial charge is 0.261 e. The zero-order valence-electron chi connectivity index (χ0n) is 17.5. The highest BCUT2D eigenvalue weighted by molar-refractivity contribution is 5.77. The molecule has 0 saturated carbocycles. The molecule has 0 aliphatic carbocycles. The lowest BCUT2D eigenvalue weighted by molar-refractivity contribution is 0.177. The minimum atomic E-state index is -0.389. The maximum absolute atomic E-state index is 13.7. The molecule has 1 unspecified atom stereocenters. The third-order valence-electron chi connectivity index (χ3n) is 5.76. The first-order valence-corrected chi connectivity index (χ1v) is 10.7. The van der Waals surface area contributed by atoms with E-state index in [0.717, 1.165) is 64.2 Å². The van der Waals surface area contributed by atoms with Crippen LogP contribution in [0.4, 0.5) is 4.39 Å². The second-order valence-electron chi connectivity index (χ2n) is 7.72. The van der Waals surface area contributed by atoms with E-state index in [-0.39, 0.29) is 17.4 Å². The van der Waals surface area contributed by atoms with Gasteiger partial charge in [-0.2, -0.15) is 0 Å². The molecule has 154 valence electrons. The van der Waals surface area contributed by atoms with E-state index >= 15 is 0 Å². The third-order valence-corrected chi connectivity index (χ3v) is 5.76. The van der Waals surface area contributed by atoms with E-state index in [0.29, 0.717) is 17.4 Å². The van der Waals surface area contributed by atoms with E-state index in [1.807, 2.05) is 0 Å². The molecule has 5 nitrogen and oxygen atoms in total. The van der Waals surface area contributed by atoms with Crippen molar-refractivity contribution in [2.24, 2.45) is 0 Å². The van der Waals surface area contributed by atoms with Crippen LogP contribution in [0, 0.1) is 5.82 Å². The van der Waals surface area contributed by atoms with E-state index < -0.39 is 0 Å². The Morgan fingerprint density at radius 2 is 1.93 bits per heavy atom. The Hall–Kier alpha value is -1.79. The molecule has 3 rings (SSSR count). The second-order valence-corrected chi connectivity index (χ2v) is 7.72. The molecule has 2 aromatic rings. The molecule has 28 heavy (non-hydrogen) atoms. The summed E-state index contributed by atoms with van der Waals surface area (Å²) >= 11 is 0. The fourth-order valence-electron chi connectivity index (χ4n) is 4.27. The van der Waals surface area contributed by atoms with Crippen LogP contribution < -0.4 is 5.56 Å². The summed E-state index contributed by atoms with van der Waals surface area (Å²) in [7, 11) is 0. The molecule has 0 radical (unpaired) electrons. The van der Waals surface area contributed by atoms with Gasteiger partial charge >= 0.3 is 0 Å². The molecule has 2 heterocycles. The number of fused-ring (bicyclic) bond motifs is 1. The van der Waals surface area contributed by atoms with E-state index in [2.05, 4.69) is 30.6 Å². The van der Waals surface area contributed by atoms with Gasteiger partial charge in [-0.1, -0.05) is 27.2 Å². The van der Waals surface area contributed by atoms with Crippen LogP contribution in [0.5, 0.6) is 0 Å². The highest BCUT2D eigenvalue weighted by atomic mass is 19.1. The van der Waals surface area contributed by atoms with Gasteiger partial charge in [0.1, 0.15) is 11.6 Å². The van der Waals surface area contributed by atoms with E-state index in [9.17, 15) is 9.18 Å². The van der Waals surface area contributed by atoms with Gasteiger partial charge in [-0.05, 0) is 50.6 Å². The number of halogens is 1. The Morgan fingerprint density at radius 3 is 2.64 bits per heavy atom. The van der Waals surface area contributed by atoms with Crippen LogP contribution in [0.25, 0.3) is 10.9 Å². The van der Waals surface area contributed by atoms with Crippen molar-refractivity contribution < 1.29 is 4.39 Å². The highest BCUT2D eigenvalue weighted by Crippen LogP contribution is 2.26. The van der Waals surface area contributed by atoms with Crippen molar-refractivity contribution in [2.75, 3.05) is 32.7 Å². The molecule has 0 amide bonds. The number of nitrogens with zero attached hydrogens (tertiary/aromatic N) is 4. The molecule has 0 spiro atoms. The first-order chi connectivity index (χ1) is 13.6. The maximum Gasteiger partial charge on any atom is 0.261 e. The normalized spacial score (nSPS) is 17.7. The standard InChI is InChI=1S/C22H33FN4O/c1-4-8-20(26-13-7-12-25(6-3)14-15-26)21-24-19-10-9-17(23)16-18(19)22(28)27(21)11-5-2/h9-10,16,20H,4-8,11-15H2,1-3H3. The number of likely N-dealkylation sites (N-methyl/N-ethyl adjacent to an activating group) is 1. The Balaban J connectivity index is 2.07. The first kappa shape index (κ1) is 20.9. The van der Waals surface area contributed by atoms with Crippen LogP contribution >= 0.6 is 0 Å². The molecule has 1 saturated heterocycles. The van der Waals surface area contributed by atoms with Crippen molar-refractivity contribution in [1.29, 1.82) is 0 Å². The minimum absolute atomic E-state index is 0.118. The zero-order valence-corrected chi connectivity index (χ0v) is 17.5. The molecular formula is C22H33FN4O. The Kier molecular flexibility index (Phi) is 7.18. The van der Waals surface area contributed by atoms with Crippen molar-refractivity contribution in [3.8, 4) is 0 Å². The lowest BCUT2D eigenvalue weighted by atomic mass is 10.1. The Morgan fingerprint density at radius 1 is 1.11 bits per heavy atom. The molecule has 1 fully saturated rings. The second kappa shape index (κ2) is 9.61. The largest absolute Gasteiger partial charge is 0.302 e. The molecular weight excluding hydrogens is 355 g/mol. The number of benzene rings is 1. The van der Waals surface area contributed by atoms with Gasteiger partial charge in [-0.15, -0.1) is 0 Å². The summed E-state index contributed by atoms with van der Waals surface area (Å²) in [6, 6.07) is 4.47. The summed E-state index contributed by atoms with van der Waals surface area (Å²) in [5, 5.41) is 0.375. The minimum Gasteiger partial charge on any atom is -0.302 e. The maximum atomic E-state index is 13.7. The van der Waals surface area contributed by atoms with Gasteiger partial charge in [0, 0.05) is 26.2 Å². The molecule has 1 atom stereocenters. The van der Waals surface area contributed by atoms with Gasteiger partial charge in [-0.25, -0.2) is 9.37 Å². The van der Waals surface area contributed by atoms with Crippen LogP contribution in [0.15, 0.2) is 23.0 Å². The lowest BCUT2D eigenvalue weighted by Crippen LogP contribution is -2.37. The molecule has 1 aromatic carbocycles. The van der Waals surface area contributed by atoms with Gasteiger partial charge in [0.25, 0.3) is 5.56 Å². The van der Waals surface area contributed by atoms with Crippen LogP contribution in [-0.4, -0.2) is 52.1 Å². The van der Waals surface area contributed by atoms with Gasteiger partial charge in [0.2, 0.25) is 0 Å². The predicted octanol–water partition coefficient (Wildman–Crippen LogP) is 3.81. The molecule has 1 aromatic heterocycles. The molecule has 0 N–H and O–H groups in total. The fourth-order valence-corrected chi connectivity index (χ4v) is 4.27. The predicted molar refractivity (Wildman–Crippen MR) is 112 cm³/mol. The number of hydrogen-bond acceptors (Lipinski definition) is 4. The van der Waals surface area contributed by atoms with Crippen molar-refractivity contribution in [3.63, 3.8) is 0 Å². The quantitative estimate of drug-likeness (QED) is 0.723. The SMILES string of the molecule is CCCC(c1nc2ccc(F)cc2c(=O)n1CCC)N1CCCN(CC)CC1. The molecule has 1 aliphatic heterocycles. The Bertz CT molecular complexity index is 850. The highest BCUT2D eigenvalue weighted by Gasteiger charge is 2.27. The number of hydrogen-bond donors (Lipinski definition) is 0. The summed E-state index contributed by atoms with van der Waals surface area (Å²) in [6.07, 6.45) is 3.97. The van der Waals surface area contributed by atoms with Gasteiger partial charge in [-0.3, -0.25) is 14.3 Å². The van der Waals surface area contributed by atoms with Crippen LogP contribution in [0.2, 0.25) is 0 Å². The Labute approximate surface area is 167 Å². The summed E-state index contributed by atoms with van der Waals surface area (Å²) in [5.41, 5.74) is 0.479. The lowest BCUT2D eigenvalue weighted by Gasteiger charge is -2.32. The summed E-state index contributed by atoms with van der Waals surface area (Å²) < 4.78 is 15.5. The van der Waals surface area contributed by atoms with Gasteiger partial charge in [0.15, 0.2) is 0 Å². The monoisotopic (exact) mass is 388 g/mol. The molecule has 6 heteroatoms. The van der Waals surface area contributed by atoms with Gasteiger partial charge in [0.05, 0.1) is 16.9 Å². The molecule has 1 aliphatic rings. The van der Waals surface area contributed by atoms with Gasteiger partial charge < -0.3 is 4.90 Å². The first-order valence-electron chi connectivity index (χ1n) is 10.7. The number of rotatable bonds is 7. The summed E-state index contributed by atoms with van der Waals surface area (Å²) in [4.78, 5) is 23.1. The summed E-state index contributed by atoms with van der Waals surface area (Å²) in [5.74, 6) is 0.456.